The van der Waals surface area contributed by atoms with Crippen molar-refractivity contribution in [1.82, 2.24) is 24.6 Å². The lowest BCUT2D eigenvalue weighted by Crippen LogP contribution is -2.43. The number of halogens is 1. The molecule has 1 aliphatic rings. The first kappa shape index (κ1) is 21.7. The van der Waals surface area contributed by atoms with E-state index in [9.17, 15) is 14.0 Å². The quantitative estimate of drug-likeness (QED) is 0.459. The standard InChI is InChI=1S/C23H22FN5O2S2/c1-13-19(29-10-11-32-23(29)26-13)21(30)25-12-17-4-3-9-28(17)22(31)20-18(27-14(2)33-20)15-5-7-16(24)8-6-15/h5-8,10-11,17H,3-4,9,12H2,1-2H3,(H,25,30)/t17-/m0/s1. The first-order chi connectivity index (χ1) is 15.9. The van der Waals surface area contributed by atoms with E-state index in [-0.39, 0.29) is 23.7 Å². The van der Waals surface area contributed by atoms with Crippen LogP contribution in [0.1, 0.15) is 43.7 Å². The molecule has 0 saturated carbocycles. The lowest BCUT2D eigenvalue weighted by atomic mass is 10.1. The second kappa shape index (κ2) is 8.68. The topological polar surface area (TPSA) is 79.6 Å². The molecule has 1 atom stereocenters. The van der Waals surface area contributed by atoms with Crippen LogP contribution in [0.5, 0.6) is 0 Å². The van der Waals surface area contributed by atoms with Crippen molar-refractivity contribution in [3.05, 3.63) is 62.9 Å². The molecule has 1 N–H and O–H groups in total. The first-order valence-electron chi connectivity index (χ1n) is 10.7. The van der Waals surface area contributed by atoms with Gasteiger partial charge in [-0.15, -0.1) is 22.7 Å². The van der Waals surface area contributed by atoms with Gasteiger partial charge in [0.2, 0.25) is 0 Å². The van der Waals surface area contributed by atoms with Gasteiger partial charge < -0.3 is 10.2 Å². The second-order valence-corrected chi connectivity index (χ2v) is 10.1. The molecule has 0 radical (unpaired) electrons. The Morgan fingerprint density at radius 3 is 2.79 bits per heavy atom. The molecule has 4 aromatic rings. The van der Waals surface area contributed by atoms with Crippen LogP contribution in [-0.2, 0) is 0 Å². The molecule has 0 aliphatic carbocycles. The molecule has 5 rings (SSSR count). The summed E-state index contributed by atoms with van der Waals surface area (Å²) in [5, 5.41) is 5.67. The van der Waals surface area contributed by atoms with Crippen molar-refractivity contribution in [2.45, 2.75) is 32.7 Å². The van der Waals surface area contributed by atoms with Gasteiger partial charge in [0.25, 0.3) is 11.8 Å². The average Bonchev–Trinajstić information content (AvgIpc) is 3.56. The van der Waals surface area contributed by atoms with Crippen LogP contribution in [-0.4, -0.2) is 50.2 Å². The molecule has 1 aliphatic heterocycles. The van der Waals surface area contributed by atoms with Crippen LogP contribution in [0.2, 0.25) is 0 Å². The molecule has 10 heteroatoms. The summed E-state index contributed by atoms with van der Waals surface area (Å²) >= 11 is 2.82. The van der Waals surface area contributed by atoms with Crippen molar-refractivity contribution in [1.29, 1.82) is 0 Å². The van der Waals surface area contributed by atoms with E-state index in [0.717, 1.165) is 22.8 Å². The number of likely N-dealkylation sites (tertiary alicyclic amines) is 1. The number of carbonyl (C=O) groups excluding carboxylic acids is 2. The SMILES string of the molecule is Cc1nc(-c2ccc(F)cc2)c(C(=O)N2CCC[C@H]2CNC(=O)c2c(C)nc3sccn23)s1. The van der Waals surface area contributed by atoms with Crippen molar-refractivity contribution in [3.63, 3.8) is 0 Å². The molecular formula is C23H22FN5O2S2. The molecule has 3 aromatic heterocycles. The predicted octanol–water partition coefficient (Wildman–Crippen LogP) is 4.31. The molecule has 170 valence electrons. The summed E-state index contributed by atoms with van der Waals surface area (Å²) in [6, 6.07) is 5.92. The highest BCUT2D eigenvalue weighted by atomic mass is 32.1. The number of aromatic nitrogens is 3. The highest BCUT2D eigenvalue weighted by Gasteiger charge is 2.33. The zero-order chi connectivity index (χ0) is 23.1. The summed E-state index contributed by atoms with van der Waals surface area (Å²) in [5.74, 6) is -0.627. The van der Waals surface area contributed by atoms with Crippen LogP contribution < -0.4 is 5.32 Å². The normalized spacial score (nSPS) is 16.0. The molecule has 7 nitrogen and oxygen atoms in total. The molecule has 0 bridgehead atoms. The lowest BCUT2D eigenvalue weighted by Gasteiger charge is -2.25. The van der Waals surface area contributed by atoms with E-state index >= 15 is 0 Å². The number of thiazole rings is 2. The Kier molecular flexibility index (Phi) is 5.71. The molecule has 1 aromatic carbocycles. The van der Waals surface area contributed by atoms with Crippen LogP contribution in [0.4, 0.5) is 4.39 Å². The summed E-state index contributed by atoms with van der Waals surface area (Å²) in [4.78, 5) is 38.5. The number of benzene rings is 1. The fraction of sp³-hybridized carbons (Fsp3) is 0.304. The van der Waals surface area contributed by atoms with Crippen LogP contribution in [0.15, 0.2) is 35.8 Å². The highest BCUT2D eigenvalue weighted by Crippen LogP contribution is 2.31. The minimum absolute atomic E-state index is 0.0996. The number of carbonyl (C=O) groups is 2. The zero-order valence-corrected chi connectivity index (χ0v) is 19.8. The molecule has 2 amide bonds. The van der Waals surface area contributed by atoms with E-state index < -0.39 is 0 Å². The van der Waals surface area contributed by atoms with Gasteiger partial charge in [-0.3, -0.25) is 14.0 Å². The van der Waals surface area contributed by atoms with E-state index in [1.165, 1.54) is 34.8 Å². The molecule has 0 spiro atoms. The van der Waals surface area contributed by atoms with Gasteiger partial charge in [0.15, 0.2) is 4.96 Å². The minimum atomic E-state index is -0.331. The van der Waals surface area contributed by atoms with Gasteiger partial charge in [0.1, 0.15) is 16.4 Å². The number of hydrogen-bond donors (Lipinski definition) is 1. The third-order valence-electron chi connectivity index (χ3n) is 5.83. The molecular weight excluding hydrogens is 461 g/mol. The summed E-state index contributed by atoms with van der Waals surface area (Å²) in [7, 11) is 0. The van der Waals surface area contributed by atoms with E-state index in [1.807, 2.05) is 30.3 Å². The second-order valence-electron chi connectivity index (χ2n) is 8.02. The fourth-order valence-electron chi connectivity index (χ4n) is 4.28. The van der Waals surface area contributed by atoms with Crippen LogP contribution in [0.25, 0.3) is 16.2 Å². The third kappa shape index (κ3) is 4.04. The Balaban J connectivity index is 1.33. The first-order valence-corrected chi connectivity index (χ1v) is 12.4. The van der Waals surface area contributed by atoms with Crippen molar-refractivity contribution in [3.8, 4) is 11.3 Å². The van der Waals surface area contributed by atoms with Gasteiger partial charge in [-0.1, -0.05) is 0 Å². The molecule has 33 heavy (non-hydrogen) atoms. The Labute approximate surface area is 197 Å². The van der Waals surface area contributed by atoms with Crippen molar-refractivity contribution in [2.75, 3.05) is 13.1 Å². The number of imidazole rings is 1. The molecule has 4 heterocycles. The summed E-state index contributed by atoms with van der Waals surface area (Å²) in [5.41, 5.74) is 2.50. The van der Waals surface area contributed by atoms with Crippen LogP contribution in [0.3, 0.4) is 0 Å². The van der Waals surface area contributed by atoms with Gasteiger partial charge in [0.05, 0.1) is 16.4 Å². The third-order valence-corrected chi connectivity index (χ3v) is 7.55. The van der Waals surface area contributed by atoms with Gasteiger partial charge in [-0.05, 0) is 51.0 Å². The van der Waals surface area contributed by atoms with Crippen LogP contribution >= 0.6 is 22.7 Å². The summed E-state index contributed by atoms with van der Waals surface area (Å²) in [6.45, 7) is 4.67. The maximum absolute atomic E-state index is 13.5. The maximum Gasteiger partial charge on any atom is 0.270 e. The average molecular weight is 484 g/mol. The highest BCUT2D eigenvalue weighted by molar-refractivity contribution is 7.15. The fourth-order valence-corrected chi connectivity index (χ4v) is 5.94. The van der Waals surface area contributed by atoms with Crippen molar-refractivity contribution >= 4 is 39.4 Å². The zero-order valence-electron chi connectivity index (χ0n) is 18.2. The Morgan fingerprint density at radius 1 is 1.21 bits per heavy atom. The van der Waals surface area contributed by atoms with Gasteiger partial charge in [-0.25, -0.2) is 14.4 Å². The maximum atomic E-state index is 13.5. The van der Waals surface area contributed by atoms with Gasteiger partial charge in [-0.2, -0.15) is 0 Å². The van der Waals surface area contributed by atoms with Gasteiger partial charge in [0, 0.05) is 36.3 Å². The summed E-state index contributed by atoms with van der Waals surface area (Å²) in [6.07, 6.45) is 3.52. The van der Waals surface area contributed by atoms with Crippen molar-refractivity contribution < 1.29 is 14.0 Å². The number of amides is 2. The Morgan fingerprint density at radius 2 is 2.00 bits per heavy atom. The molecule has 0 unspecified atom stereocenters. The monoisotopic (exact) mass is 483 g/mol. The van der Waals surface area contributed by atoms with Crippen LogP contribution in [0, 0.1) is 19.7 Å². The minimum Gasteiger partial charge on any atom is -0.349 e. The van der Waals surface area contributed by atoms with E-state index in [0.29, 0.717) is 40.6 Å². The van der Waals surface area contributed by atoms with E-state index in [2.05, 4.69) is 15.3 Å². The molecule has 1 fully saturated rings. The Hall–Kier alpha value is -3.11. The van der Waals surface area contributed by atoms with Crippen molar-refractivity contribution in [2.24, 2.45) is 0 Å². The molecule has 1 saturated heterocycles. The van der Waals surface area contributed by atoms with E-state index in [4.69, 9.17) is 0 Å². The predicted molar refractivity (Wildman–Crippen MR) is 126 cm³/mol. The Bertz CT molecular complexity index is 1340. The largest absolute Gasteiger partial charge is 0.349 e. The number of aryl methyl sites for hydroxylation is 2. The number of nitrogens with zero attached hydrogens (tertiary/aromatic N) is 4. The summed E-state index contributed by atoms with van der Waals surface area (Å²) < 4.78 is 15.2. The smallest absolute Gasteiger partial charge is 0.270 e. The van der Waals surface area contributed by atoms with Gasteiger partial charge >= 0.3 is 0 Å². The number of nitrogens with one attached hydrogen (secondary N) is 1. The lowest BCUT2D eigenvalue weighted by molar-refractivity contribution is 0.0729. The van der Waals surface area contributed by atoms with E-state index in [1.54, 1.807) is 16.5 Å². The number of hydrogen-bond acceptors (Lipinski definition) is 6. The number of rotatable bonds is 5. The number of fused-ring (bicyclic) bond motifs is 1.